The van der Waals surface area contributed by atoms with Gasteiger partial charge in [-0.05, 0) is 36.5 Å². The molecule has 0 aromatic heterocycles. The first-order chi connectivity index (χ1) is 9.01. The zero-order valence-electron chi connectivity index (χ0n) is 11.6. The average molecular weight is 282 g/mol. The number of piperidine rings is 1. The lowest BCUT2D eigenvalue weighted by Gasteiger charge is -2.35. The van der Waals surface area contributed by atoms with Crippen LogP contribution in [-0.4, -0.2) is 31.0 Å². The summed E-state index contributed by atoms with van der Waals surface area (Å²) in [4.78, 5) is 14.5. The number of rotatable bonds is 2. The molecule has 1 fully saturated rings. The highest BCUT2D eigenvalue weighted by Gasteiger charge is 2.27. The van der Waals surface area contributed by atoms with Crippen LogP contribution < -0.4 is 4.74 Å². The lowest BCUT2D eigenvalue weighted by atomic mass is 9.91. The standard InChI is InChI=1S/C15H20ClNO2/c1-10-6-11(2)9-17(8-10)15(18)13-7-12(16)4-5-14(13)19-3/h4-5,7,10-11H,6,8-9H2,1-3H3/t10-,11-/m1/s1. The molecule has 0 N–H and O–H groups in total. The SMILES string of the molecule is COc1ccc(Cl)cc1C(=O)N1C[C@H](C)C[C@@H](C)C1. The van der Waals surface area contributed by atoms with Crippen molar-refractivity contribution in [1.29, 1.82) is 0 Å². The molecule has 2 atom stereocenters. The molecule has 1 aliphatic rings. The van der Waals surface area contributed by atoms with E-state index >= 15 is 0 Å². The third-order valence-corrected chi connectivity index (χ3v) is 3.78. The predicted octanol–water partition coefficient (Wildman–Crippen LogP) is 3.47. The number of nitrogens with zero attached hydrogens (tertiary/aromatic N) is 1. The first kappa shape index (κ1) is 14.2. The first-order valence-electron chi connectivity index (χ1n) is 6.64. The maximum Gasteiger partial charge on any atom is 0.257 e. The van der Waals surface area contributed by atoms with Crippen LogP contribution in [0.4, 0.5) is 0 Å². The number of ether oxygens (including phenoxy) is 1. The minimum Gasteiger partial charge on any atom is -0.496 e. The fourth-order valence-corrected chi connectivity index (χ4v) is 3.02. The van der Waals surface area contributed by atoms with E-state index in [1.54, 1.807) is 25.3 Å². The van der Waals surface area contributed by atoms with Crippen LogP contribution in [0.1, 0.15) is 30.6 Å². The molecule has 4 heteroatoms. The summed E-state index contributed by atoms with van der Waals surface area (Å²) in [6, 6.07) is 5.16. The normalized spacial score (nSPS) is 23.3. The number of hydrogen-bond donors (Lipinski definition) is 0. The van der Waals surface area contributed by atoms with Crippen molar-refractivity contribution < 1.29 is 9.53 Å². The Balaban J connectivity index is 2.26. The number of carbonyl (C=O) groups is 1. The van der Waals surface area contributed by atoms with Crippen LogP contribution in [0.25, 0.3) is 0 Å². The van der Waals surface area contributed by atoms with Gasteiger partial charge in [0.2, 0.25) is 0 Å². The largest absolute Gasteiger partial charge is 0.496 e. The summed E-state index contributed by atoms with van der Waals surface area (Å²) >= 11 is 5.99. The molecular formula is C15H20ClNO2. The summed E-state index contributed by atoms with van der Waals surface area (Å²) in [6.45, 7) is 5.98. The van der Waals surface area contributed by atoms with Crippen LogP contribution in [0, 0.1) is 11.8 Å². The maximum atomic E-state index is 12.6. The molecule has 1 saturated heterocycles. The molecule has 1 aromatic carbocycles. The Kier molecular flexibility index (Phi) is 4.35. The Morgan fingerprint density at radius 1 is 1.32 bits per heavy atom. The summed E-state index contributed by atoms with van der Waals surface area (Å²) in [5, 5.41) is 0.558. The van der Waals surface area contributed by atoms with Crippen LogP contribution in [-0.2, 0) is 0 Å². The van der Waals surface area contributed by atoms with Gasteiger partial charge in [0.1, 0.15) is 5.75 Å². The van der Waals surface area contributed by atoms with Gasteiger partial charge >= 0.3 is 0 Å². The highest BCUT2D eigenvalue weighted by atomic mass is 35.5. The Morgan fingerprint density at radius 3 is 2.53 bits per heavy atom. The van der Waals surface area contributed by atoms with Gasteiger partial charge in [-0.1, -0.05) is 25.4 Å². The smallest absolute Gasteiger partial charge is 0.257 e. The molecular weight excluding hydrogens is 262 g/mol. The molecule has 3 nitrogen and oxygen atoms in total. The van der Waals surface area contributed by atoms with Crippen molar-refractivity contribution in [3.63, 3.8) is 0 Å². The van der Waals surface area contributed by atoms with Gasteiger partial charge < -0.3 is 9.64 Å². The predicted molar refractivity (Wildman–Crippen MR) is 76.9 cm³/mol. The van der Waals surface area contributed by atoms with E-state index in [2.05, 4.69) is 13.8 Å². The molecule has 19 heavy (non-hydrogen) atoms. The van der Waals surface area contributed by atoms with Gasteiger partial charge in [0.05, 0.1) is 12.7 Å². The lowest BCUT2D eigenvalue weighted by Crippen LogP contribution is -2.42. The molecule has 0 aliphatic carbocycles. The van der Waals surface area contributed by atoms with Gasteiger partial charge in [-0.2, -0.15) is 0 Å². The minimum atomic E-state index is 0.0118. The van der Waals surface area contributed by atoms with Crippen LogP contribution in [0.2, 0.25) is 5.02 Å². The van der Waals surface area contributed by atoms with Crippen molar-refractivity contribution in [3.05, 3.63) is 28.8 Å². The van der Waals surface area contributed by atoms with Crippen molar-refractivity contribution in [1.82, 2.24) is 4.90 Å². The van der Waals surface area contributed by atoms with Gasteiger partial charge in [-0.15, -0.1) is 0 Å². The molecule has 0 bridgehead atoms. The lowest BCUT2D eigenvalue weighted by molar-refractivity contribution is 0.0620. The van der Waals surface area contributed by atoms with E-state index in [1.165, 1.54) is 6.42 Å². The molecule has 0 unspecified atom stereocenters. The van der Waals surface area contributed by atoms with Crippen molar-refractivity contribution in [3.8, 4) is 5.75 Å². The Labute approximate surface area is 119 Å². The zero-order valence-corrected chi connectivity index (χ0v) is 12.4. The molecule has 0 spiro atoms. The van der Waals surface area contributed by atoms with Crippen molar-refractivity contribution in [2.45, 2.75) is 20.3 Å². The van der Waals surface area contributed by atoms with Crippen LogP contribution in [0.15, 0.2) is 18.2 Å². The molecule has 0 radical (unpaired) electrons. The monoisotopic (exact) mass is 281 g/mol. The van der Waals surface area contributed by atoms with Crippen molar-refractivity contribution >= 4 is 17.5 Å². The Morgan fingerprint density at radius 2 is 1.95 bits per heavy atom. The van der Waals surface area contributed by atoms with Gasteiger partial charge in [0.25, 0.3) is 5.91 Å². The summed E-state index contributed by atoms with van der Waals surface area (Å²) in [7, 11) is 1.57. The second-order valence-corrected chi connectivity index (χ2v) is 5.94. The van der Waals surface area contributed by atoms with Crippen molar-refractivity contribution in [2.75, 3.05) is 20.2 Å². The quantitative estimate of drug-likeness (QED) is 0.831. The third kappa shape index (κ3) is 3.21. The second kappa shape index (κ2) is 5.83. The van der Waals surface area contributed by atoms with Crippen LogP contribution in [0.3, 0.4) is 0 Å². The number of hydrogen-bond acceptors (Lipinski definition) is 2. The molecule has 1 aliphatic heterocycles. The summed E-state index contributed by atoms with van der Waals surface area (Å²) < 4.78 is 5.26. The molecule has 1 aromatic rings. The second-order valence-electron chi connectivity index (χ2n) is 5.50. The number of methoxy groups -OCH3 is 1. The molecule has 104 valence electrons. The fourth-order valence-electron chi connectivity index (χ4n) is 2.85. The average Bonchev–Trinajstić information content (AvgIpc) is 2.36. The van der Waals surface area contributed by atoms with E-state index in [4.69, 9.17) is 16.3 Å². The van der Waals surface area contributed by atoms with E-state index in [0.29, 0.717) is 28.2 Å². The van der Waals surface area contributed by atoms with Gasteiger partial charge in [0.15, 0.2) is 0 Å². The van der Waals surface area contributed by atoms with Gasteiger partial charge in [-0.25, -0.2) is 0 Å². The highest BCUT2D eigenvalue weighted by Crippen LogP contribution is 2.27. The van der Waals surface area contributed by atoms with E-state index < -0.39 is 0 Å². The fraction of sp³-hybridized carbons (Fsp3) is 0.533. The van der Waals surface area contributed by atoms with E-state index in [0.717, 1.165) is 13.1 Å². The van der Waals surface area contributed by atoms with Crippen molar-refractivity contribution in [2.24, 2.45) is 11.8 Å². The van der Waals surface area contributed by atoms with Crippen LogP contribution in [0.5, 0.6) is 5.75 Å². The number of carbonyl (C=O) groups excluding carboxylic acids is 1. The highest BCUT2D eigenvalue weighted by molar-refractivity contribution is 6.31. The maximum absolute atomic E-state index is 12.6. The summed E-state index contributed by atoms with van der Waals surface area (Å²) in [5.74, 6) is 1.67. The topological polar surface area (TPSA) is 29.5 Å². The van der Waals surface area contributed by atoms with Crippen LogP contribution >= 0.6 is 11.6 Å². The zero-order chi connectivity index (χ0) is 14.0. The first-order valence-corrected chi connectivity index (χ1v) is 7.02. The Hall–Kier alpha value is -1.22. The number of amides is 1. The van der Waals surface area contributed by atoms with E-state index in [1.807, 2.05) is 4.90 Å². The Bertz CT molecular complexity index is 465. The molecule has 1 amide bonds. The van der Waals surface area contributed by atoms with Gasteiger partial charge in [-0.3, -0.25) is 4.79 Å². The van der Waals surface area contributed by atoms with Gasteiger partial charge in [0, 0.05) is 18.1 Å². The molecule has 2 rings (SSSR count). The summed E-state index contributed by atoms with van der Waals surface area (Å²) in [6.07, 6.45) is 1.18. The minimum absolute atomic E-state index is 0.0118. The number of benzene rings is 1. The molecule has 0 saturated carbocycles. The van der Waals surface area contributed by atoms with E-state index in [-0.39, 0.29) is 5.91 Å². The molecule has 1 heterocycles. The number of likely N-dealkylation sites (tertiary alicyclic amines) is 1. The van der Waals surface area contributed by atoms with E-state index in [9.17, 15) is 4.79 Å². The number of halogens is 1. The third-order valence-electron chi connectivity index (χ3n) is 3.55. The summed E-state index contributed by atoms with van der Waals surface area (Å²) in [5.41, 5.74) is 0.552.